The Labute approximate surface area is 124 Å². The SMILES string of the molecule is c1cc2sc(-c3nc(N4CCCNCC4)n[nH]3)cc2s1. The number of aromatic nitrogens is 3. The van der Waals surface area contributed by atoms with E-state index in [0.717, 1.165) is 44.4 Å². The van der Waals surface area contributed by atoms with E-state index in [0.29, 0.717) is 0 Å². The number of H-pyrrole nitrogens is 1. The first kappa shape index (κ1) is 12.3. The smallest absolute Gasteiger partial charge is 0.245 e. The van der Waals surface area contributed by atoms with Gasteiger partial charge in [-0.15, -0.1) is 27.8 Å². The lowest BCUT2D eigenvalue weighted by molar-refractivity contribution is 0.724. The lowest BCUT2D eigenvalue weighted by atomic mass is 10.4. The third-order valence-electron chi connectivity index (χ3n) is 3.47. The van der Waals surface area contributed by atoms with E-state index in [-0.39, 0.29) is 0 Å². The summed E-state index contributed by atoms with van der Waals surface area (Å²) in [5.41, 5.74) is 0. The van der Waals surface area contributed by atoms with E-state index in [1.165, 1.54) is 14.3 Å². The molecule has 0 aromatic carbocycles. The zero-order valence-corrected chi connectivity index (χ0v) is 12.6. The number of nitrogens with one attached hydrogen (secondary N) is 2. The average molecular weight is 305 g/mol. The molecule has 0 radical (unpaired) electrons. The van der Waals surface area contributed by atoms with Crippen LogP contribution in [0.15, 0.2) is 17.5 Å². The Balaban J connectivity index is 1.62. The lowest BCUT2D eigenvalue weighted by Gasteiger charge is -2.16. The summed E-state index contributed by atoms with van der Waals surface area (Å²) in [6.45, 7) is 4.06. The van der Waals surface area contributed by atoms with Crippen molar-refractivity contribution in [3.05, 3.63) is 17.5 Å². The summed E-state index contributed by atoms with van der Waals surface area (Å²) in [5.74, 6) is 1.70. The van der Waals surface area contributed by atoms with E-state index in [1.54, 1.807) is 22.7 Å². The number of fused-ring (bicyclic) bond motifs is 1. The van der Waals surface area contributed by atoms with Crippen molar-refractivity contribution in [3.63, 3.8) is 0 Å². The van der Waals surface area contributed by atoms with Crippen molar-refractivity contribution in [2.24, 2.45) is 0 Å². The molecule has 0 saturated carbocycles. The van der Waals surface area contributed by atoms with Gasteiger partial charge < -0.3 is 10.2 Å². The van der Waals surface area contributed by atoms with Gasteiger partial charge in [0, 0.05) is 29.0 Å². The number of thiophene rings is 2. The zero-order valence-electron chi connectivity index (χ0n) is 10.9. The number of anilines is 1. The van der Waals surface area contributed by atoms with Gasteiger partial charge >= 0.3 is 0 Å². The molecule has 1 fully saturated rings. The Morgan fingerprint density at radius 1 is 1.20 bits per heavy atom. The monoisotopic (exact) mass is 305 g/mol. The summed E-state index contributed by atoms with van der Waals surface area (Å²) < 4.78 is 2.64. The van der Waals surface area contributed by atoms with E-state index in [9.17, 15) is 0 Å². The van der Waals surface area contributed by atoms with Crippen LogP contribution in [0.25, 0.3) is 20.1 Å². The highest BCUT2D eigenvalue weighted by molar-refractivity contribution is 7.28. The first-order chi connectivity index (χ1) is 9.90. The molecule has 0 spiro atoms. The van der Waals surface area contributed by atoms with Crippen LogP contribution in [0.5, 0.6) is 0 Å². The maximum Gasteiger partial charge on any atom is 0.245 e. The van der Waals surface area contributed by atoms with Crippen molar-refractivity contribution in [1.29, 1.82) is 0 Å². The molecule has 2 N–H and O–H groups in total. The van der Waals surface area contributed by atoms with Crippen molar-refractivity contribution in [3.8, 4) is 10.7 Å². The minimum Gasteiger partial charge on any atom is -0.338 e. The molecule has 7 heteroatoms. The van der Waals surface area contributed by atoms with Gasteiger partial charge in [-0.3, -0.25) is 5.10 Å². The lowest BCUT2D eigenvalue weighted by Crippen LogP contribution is -2.28. The molecule has 1 aliphatic heterocycles. The number of nitrogens with zero attached hydrogens (tertiary/aromatic N) is 3. The molecule has 104 valence electrons. The summed E-state index contributed by atoms with van der Waals surface area (Å²) in [6, 6.07) is 4.35. The summed E-state index contributed by atoms with van der Waals surface area (Å²) in [7, 11) is 0. The van der Waals surface area contributed by atoms with Crippen molar-refractivity contribution >= 4 is 38.0 Å². The first-order valence-corrected chi connectivity index (χ1v) is 8.45. The summed E-state index contributed by atoms with van der Waals surface area (Å²) in [5, 5.41) is 13.0. The third kappa shape index (κ3) is 2.21. The Kier molecular flexibility index (Phi) is 3.17. The van der Waals surface area contributed by atoms with Crippen LogP contribution >= 0.6 is 22.7 Å². The molecule has 1 aliphatic rings. The largest absolute Gasteiger partial charge is 0.338 e. The topological polar surface area (TPSA) is 56.8 Å². The maximum absolute atomic E-state index is 4.67. The van der Waals surface area contributed by atoms with Crippen LogP contribution in [0.4, 0.5) is 5.95 Å². The van der Waals surface area contributed by atoms with Gasteiger partial charge in [0.05, 0.1) is 4.88 Å². The fraction of sp³-hybridized carbons (Fsp3) is 0.385. The predicted molar refractivity (Wildman–Crippen MR) is 84.8 cm³/mol. The van der Waals surface area contributed by atoms with E-state index >= 15 is 0 Å². The fourth-order valence-corrected chi connectivity index (χ4v) is 4.48. The summed E-state index contributed by atoms with van der Waals surface area (Å²) in [6.07, 6.45) is 1.14. The van der Waals surface area contributed by atoms with Gasteiger partial charge in [0.2, 0.25) is 5.95 Å². The number of hydrogen-bond donors (Lipinski definition) is 2. The predicted octanol–water partition coefficient (Wildman–Crippen LogP) is 2.55. The summed E-state index contributed by atoms with van der Waals surface area (Å²) in [4.78, 5) is 8.08. The van der Waals surface area contributed by atoms with E-state index < -0.39 is 0 Å². The van der Waals surface area contributed by atoms with Crippen molar-refractivity contribution in [2.75, 3.05) is 31.1 Å². The van der Waals surface area contributed by atoms with Crippen molar-refractivity contribution in [2.45, 2.75) is 6.42 Å². The Hall–Kier alpha value is -1.44. The Morgan fingerprint density at radius 2 is 2.20 bits per heavy atom. The maximum atomic E-state index is 4.67. The quantitative estimate of drug-likeness (QED) is 0.764. The molecule has 1 saturated heterocycles. The second-order valence-electron chi connectivity index (χ2n) is 4.83. The number of rotatable bonds is 2. The standard InChI is InChI=1S/C13H15N5S2/c1-3-14-4-6-18(5-1)13-15-12(16-17-13)11-8-10-9(20-11)2-7-19-10/h2,7-8,14H,1,3-6H2,(H,15,16,17). The minimum atomic E-state index is 0.820. The molecule has 0 bridgehead atoms. The van der Waals surface area contributed by atoms with Crippen LogP contribution in [0.2, 0.25) is 0 Å². The van der Waals surface area contributed by atoms with Crippen molar-refractivity contribution < 1.29 is 0 Å². The second kappa shape index (κ2) is 5.16. The van der Waals surface area contributed by atoms with Crippen LogP contribution in [0.1, 0.15) is 6.42 Å². The van der Waals surface area contributed by atoms with Crippen LogP contribution in [0, 0.1) is 0 Å². The van der Waals surface area contributed by atoms with Gasteiger partial charge in [-0.2, -0.15) is 4.98 Å². The van der Waals surface area contributed by atoms with Gasteiger partial charge in [0.25, 0.3) is 0 Å². The number of hydrogen-bond acceptors (Lipinski definition) is 6. The van der Waals surface area contributed by atoms with E-state index in [2.05, 4.69) is 42.9 Å². The highest BCUT2D eigenvalue weighted by atomic mass is 32.1. The number of aromatic amines is 1. The van der Waals surface area contributed by atoms with Gasteiger partial charge in [0.15, 0.2) is 5.82 Å². The van der Waals surface area contributed by atoms with Crippen LogP contribution in [-0.2, 0) is 0 Å². The molecule has 20 heavy (non-hydrogen) atoms. The molecule has 4 heterocycles. The highest BCUT2D eigenvalue weighted by Crippen LogP contribution is 2.35. The normalized spacial score (nSPS) is 16.7. The van der Waals surface area contributed by atoms with Crippen LogP contribution in [0.3, 0.4) is 0 Å². The average Bonchev–Trinajstić information content (AvgIpc) is 3.10. The molecule has 0 atom stereocenters. The molecule has 3 aromatic rings. The van der Waals surface area contributed by atoms with Crippen LogP contribution in [-0.4, -0.2) is 41.4 Å². The molecular weight excluding hydrogens is 290 g/mol. The molecule has 0 unspecified atom stereocenters. The Morgan fingerprint density at radius 3 is 3.15 bits per heavy atom. The van der Waals surface area contributed by atoms with Crippen LogP contribution < -0.4 is 10.2 Å². The van der Waals surface area contributed by atoms with E-state index in [4.69, 9.17) is 0 Å². The molecular formula is C13H15N5S2. The third-order valence-corrected chi connectivity index (χ3v) is 5.57. The molecule has 0 aliphatic carbocycles. The fourth-order valence-electron chi connectivity index (χ4n) is 2.43. The van der Waals surface area contributed by atoms with Gasteiger partial charge in [-0.25, -0.2) is 0 Å². The first-order valence-electron chi connectivity index (χ1n) is 6.76. The highest BCUT2D eigenvalue weighted by Gasteiger charge is 2.16. The summed E-state index contributed by atoms with van der Waals surface area (Å²) >= 11 is 3.54. The Bertz CT molecular complexity index is 677. The van der Waals surface area contributed by atoms with Gasteiger partial charge in [-0.1, -0.05) is 0 Å². The molecule has 0 amide bonds. The minimum absolute atomic E-state index is 0.820. The van der Waals surface area contributed by atoms with Gasteiger partial charge in [-0.05, 0) is 30.5 Å². The van der Waals surface area contributed by atoms with Crippen molar-refractivity contribution in [1.82, 2.24) is 20.5 Å². The van der Waals surface area contributed by atoms with Gasteiger partial charge in [0.1, 0.15) is 0 Å². The zero-order chi connectivity index (χ0) is 13.4. The molecule has 3 aromatic heterocycles. The second-order valence-corrected chi connectivity index (χ2v) is 6.87. The van der Waals surface area contributed by atoms with E-state index in [1.807, 2.05) is 0 Å². The molecule has 5 nitrogen and oxygen atoms in total. The molecule has 4 rings (SSSR count).